The largest absolute Gasteiger partial charge is 0.330 e. The van der Waals surface area contributed by atoms with Crippen molar-refractivity contribution in [3.8, 4) is 11.1 Å². The zero-order valence-electron chi connectivity index (χ0n) is 15.4. The van der Waals surface area contributed by atoms with Crippen molar-refractivity contribution in [1.29, 1.82) is 0 Å². The summed E-state index contributed by atoms with van der Waals surface area (Å²) in [4.78, 5) is 19.5. The molecular formula is C21H21FN4O. The van der Waals surface area contributed by atoms with E-state index in [1.807, 2.05) is 24.0 Å². The number of hydrogen-bond acceptors (Lipinski definition) is 3. The zero-order chi connectivity index (χ0) is 19.0. The third kappa shape index (κ3) is 3.47. The van der Waals surface area contributed by atoms with Gasteiger partial charge in [-0.1, -0.05) is 12.1 Å². The summed E-state index contributed by atoms with van der Waals surface area (Å²) in [6.45, 7) is 2.65. The minimum absolute atomic E-state index is 0.0164. The Balaban J connectivity index is 1.67. The van der Waals surface area contributed by atoms with Crippen LogP contribution in [0, 0.1) is 12.7 Å². The molecule has 1 amide bonds. The Morgan fingerprint density at radius 2 is 1.96 bits per heavy atom. The van der Waals surface area contributed by atoms with Gasteiger partial charge < -0.3 is 4.90 Å². The summed E-state index contributed by atoms with van der Waals surface area (Å²) in [6.07, 6.45) is 5.17. The Bertz CT molecular complexity index is 980. The summed E-state index contributed by atoms with van der Waals surface area (Å²) in [5, 5.41) is 4.10. The first-order valence-corrected chi connectivity index (χ1v) is 9.05. The predicted molar refractivity (Wildman–Crippen MR) is 101 cm³/mol. The van der Waals surface area contributed by atoms with Crippen molar-refractivity contribution in [2.75, 3.05) is 6.54 Å². The van der Waals surface area contributed by atoms with Crippen molar-refractivity contribution in [3.63, 3.8) is 0 Å². The van der Waals surface area contributed by atoms with Gasteiger partial charge in [-0.2, -0.15) is 5.10 Å². The highest BCUT2D eigenvalue weighted by Crippen LogP contribution is 2.34. The van der Waals surface area contributed by atoms with Crippen LogP contribution in [0.1, 0.15) is 40.6 Å². The molecule has 27 heavy (non-hydrogen) atoms. The highest BCUT2D eigenvalue weighted by Gasteiger charge is 2.32. The van der Waals surface area contributed by atoms with Gasteiger partial charge in [-0.25, -0.2) is 4.39 Å². The molecule has 0 unspecified atom stereocenters. The smallest absolute Gasteiger partial charge is 0.257 e. The lowest BCUT2D eigenvalue weighted by atomic mass is 10.0. The first-order chi connectivity index (χ1) is 13.0. The first-order valence-electron chi connectivity index (χ1n) is 9.05. The van der Waals surface area contributed by atoms with Crippen LogP contribution in [-0.2, 0) is 7.05 Å². The summed E-state index contributed by atoms with van der Waals surface area (Å²) in [6, 6.07) is 10.4. The number of halogens is 1. The molecule has 0 spiro atoms. The molecule has 0 bridgehead atoms. The maximum Gasteiger partial charge on any atom is 0.257 e. The molecule has 5 nitrogen and oxygen atoms in total. The molecule has 0 radical (unpaired) electrons. The molecule has 3 heterocycles. The summed E-state index contributed by atoms with van der Waals surface area (Å²) < 4.78 is 14.9. The number of benzene rings is 1. The van der Waals surface area contributed by atoms with E-state index < -0.39 is 0 Å². The van der Waals surface area contributed by atoms with E-state index in [-0.39, 0.29) is 17.8 Å². The molecule has 1 saturated heterocycles. The van der Waals surface area contributed by atoms with Gasteiger partial charge in [0.2, 0.25) is 0 Å². The Morgan fingerprint density at radius 3 is 2.67 bits per heavy atom. The monoisotopic (exact) mass is 364 g/mol. The SMILES string of the molecule is Cc1cc(-c2ccc(F)cc2)cc([C@H]2CCCN2C(=O)c2cnn(C)c2)n1. The van der Waals surface area contributed by atoms with Crippen LogP contribution in [0.5, 0.6) is 0 Å². The fourth-order valence-corrected chi connectivity index (χ4v) is 3.69. The van der Waals surface area contributed by atoms with Gasteiger partial charge in [0.25, 0.3) is 5.91 Å². The minimum Gasteiger partial charge on any atom is -0.330 e. The van der Waals surface area contributed by atoms with Crippen LogP contribution in [0.25, 0.3) is 11.1 Å². The van der Waals surface area contributed by atoms with Gasteiger partial charge in [-0.05, 0) is 55.2 Å². The third-order valence-electron chi connectivity index (χ3n) is 4.96. The standard InChI is InChI=1S/C21H21FN4O/c1-14-10-16(15-5-7-18(22)8-6-15)11-19(24-14)20-4-3-9-26(20)21(27)17-12-23-25(2)13-17/h5-8,10-13,20H,3-4,9H2,1-2H3/t20-/m1/s1. The zero-order valence-corrected chi connectivity index (χ0v) is 15.4. The van der Waals surface area contributed by atoms with E-state index in [0.29, 0.717) is 12.1 Å². The number of nitrogens with zero attached hydrogens (tertiary/aromatic N) is 4. The average molecular weight is 364 g/mol. The molecule has 1 atom stereocenters. The Morgan fingerprint density at radius 1 is 1.19 bits per heavy atom. The number of amides is 1. The summed E-state index contributed by atoms with van der Waals surface area (Å²) in [5.74, 6) is -0.272. The van der Waals surface area contributed by atoms with Gasteiger partial charge in [0.1, 0.15) is 5.82 Å². The molecule has 4 rings (SSSR count). The topological polar surface area (TPSA) is 51.0 Å². The Kier molecular flexibility index (Phi) is 4.48. The number of pyridine rings is 1. The van der Waals surface area contributed by atoms with E-state index in [1.165, 1.54) is 12.1 Å². The molecule has 1 aliphatic heterocycles. The highest BCUT2D eigenvalue weighted by atomic mass is 19.1. The molecular weight excluding hydrogens is 343 g/mol. The average Bonchev–Trinajstić information content (AvgIpc) is 3.30. The summed E-state index contributed by atoms with van der Waals surface area (Å²) in [5.41, 5.74) is 4.27. The van der Waals surface area contributed by atoms with Crippen molar-refractivity contribution in [2.24, 2.45) is 7.05 Å². The fraction of sp³-hybridized carbons (Fsp3) is 0.286. The van der Waals surface area contributed by atoms with E-state index >= 15 is 0 Å². The van der Waals surface area contributed by atoms with Gasteiger partial charge in [0, 0.05) is 25.5 Å². The number of hydrogen-bond donors (Lipinski definition) is 0. The molecule has 0 saturated carbocycles. The van der Waals surface area contributed by atoms with Crippen molar-refractivity contribution in [2.45, 2.75) is 25.8 Å². The number of aromatic nitrogens is 3. The second-order valence-corrected chi connectivity index (χ2v) is 6.99. The van der Waals surface area contributed by atoms with Crippen LogP contribution in [0.4, 0.5) is 4.39 Å². The van der Waals surface area contributed by atoms with E-state index in [4.69, 9.17) is 4.98 Å². The van der Waals surface area contributed by atoms with Crippen LogP contribution in [0.3, 0.4) is 0 Å². The van der Waals surface area contributed by atoms with E-state index in [9.17, 15) is 9.18 Å². The summed E-state index contributed by atoms with van der Waals surface area (Å²) in [7, 11) is 1.80. The quantitative estimate of drug-likeness (QED) is 0.708. The lowest BCUT2D eigenvalue weighted by Gasteiger charge is -2.24. The number of carbonyl (C=O) groups is 1. The maximum atomic E-state index is 13.2. The second-order valence-electron chi connectivity index (χ2n) is 6.99. The molecule has 0 N–H and O–H groups in total. The van der Waals surface area contributed by atoms with Crippen molar-refractivity contribution in [3.05, 3.63) is 71.6 Å². The molecule has 6 heteroatoms. The van der Waals surface area contributed by atoms with Crippen LogP contribution in [0.15, 0.2) is 48.8 Å². The van der Waals surface area contributed by atoms with Crippen LogP contribution < -0.4 is 0 Å². The van der Waals surface area contributed by atoms with E-state index in [0.717, 1.165) is 35.4 Å². The number of rotatable bonds is 3. The fourth-order valence-electron chi connectivity index (χ4n) is 3.69. The highest BCUT2D eigenvalue weighted by molar-refractivity contribution is 5.94. The molecule has 138 valence electrons. The van der Waals surface area contributed by atoms with Crippen molar-refractivity contribution in [1.82, 2.24) is 19.7 Å². The predicted octanol–water partition coefficient (Wildman–Crippen LogP) is 3.91. The Labute approximate surface area is 157 Å². The van der Waals surface area contributed by atoms with Gasteiger partial charge in [0.05, 0.1) is 23.5 Å². The molecule has 1 aliphatic rings. The van der Waals surface area contributed by atoms with Crippen molar-refractivity contribution >= 4 is 5.91 Å². The molecule has 2 aromatic heterocycles. The second kappa shape index (κ2) is 6.95. The summed E-state index contributed by atoms with van der Waals surface area (Å²) >= 11 is 0. The Hall–Kier alpha value is -3.02. The lowest BCUT2D eigenvalue weighted by molar-refractivity contribution is 0.0732. The van der Waals surface area contributed by atoms with Crippen LogP contribution >= 0.6 is 0 Å². The first kappa shape index (κ1) is 17.4. The number of aryl methyl sites for hydroxylation is 2. The molecule has 0 aliphatic carbocycles. The van der Waals surface area contributed by atoms with Crippen LogP contribution in [-0.4, -0.2) is 32.1 Å². The maximum absolute atomic E-state index is 13.2. The lowest BCUT2D eigenvalue weighted by Crippen LogP contribution is -2.30. The van der Waals surface area contributed by atoms with E-state index in [2.05, 4.69) is 5.10 Å². The van der Waals surface area contributed by atoms with Crippen molar-refractivity contribution < 1.29 is 9.18 Å². The normalized spacial score (nSPS) is 16.7. The third-order valence-corrected chi connectivity index (χ3v) is 4.96. The number of likely N-dealkylation sites (tertiary alicyclic amines) is 1. The van der Waals surface area contributed by atoms with Gasteiger partial charge in [0.15, 0.2) is 0 Å². The van der Waals surface area contributed by atoms with E-state index in [1.54, 1.807) is 36.3 Å². The minimum atomic E-state index is -0.256. The molecule has 1 aromatic carbocycles. The molecule has 1 fully saturated rings. The number of carbonyl (C=O) groups excluding carboxylic acids is 1. The van der Waals surface area contributed by atoms with Gasteiger partial charge in [-0.3, -0.25) is 14.5 Å². The van der Waals surface area contributed by atoms with Gasteiger partial charge >= 0.3 is 0 Å². The van der Waals surface area contributed by atoms with Gasteiger partial charge in [-0.15, -0.1) is 0 Å². The van der Waals surface area contributed by atoms with Crippen LogP contribution in [0.2, 0.25) is 0 Å². The molecule has 3 aromatic rings.